The molecule has 0 bridgehead atoms. The maximum Gasteiger partial charge on any atom is 0.136 e. The fraction of sp³-hybridized carbons (Fsp3) is 0.259. The highest BCUT2D eigenvalue weighted by molar-refractivity contribution is 5.95. The molecule has 176 valence electrons. The van der Waals surface area contributed by atoms with Gasteiger partial charge in [-0.25, -0.2) is 19.3 Å². The zero-order valence-electron chi connectivity index (χ0n) is 19.0. The van der Waals surface area contributed by atoms with E-state index in [1.807, 2.05) is 11.0 Å². The van der Waals surface area contributed by atoms with Crippen LogP contribution in [0.3, 0.4) is 0 Å². The summed E-state index contributed by atoms with van der Waals surface area (Å²) >= 11 is 0. The monoisotopic (exact) mass is 486 g/mol. The van der Waals surface area contributed by atoms with Crippen molar-refractivity contribution in [1.82, 2.24) is 15.0 Å². The van der Waals surface area contributed by atoms with Crippen LogP contribution in [-0.2, 0) is 0 Å². The van der Waals surface area contributed by atoms with E-state index >= 15 is 0 Å². The van der Waals surface area contributed by atoms with Gasteiger partial charge in [0.25, 0.3) is 0 Å². The highest BCUT2D eigenvalue weighted by Crippen LogP contribution is 2.42. The lowest BCUT2D eigenvalue weighted by Crippen LogP contribution is -2.21. The quantitative estimate of drug-likeness (QED) is 0.364. The molecule has 8 heteroatoms. The van der Waals surface area contributed by atoms with Gasteiger partial charge in [0.15, 0.2) is 0 Å². The van der Waals surface area contributed by atoms with Crippen LogP contribution in [-0.4, -0.2) is 34.2 Å². The molecule has 3 aromatic heterocycles. The number of benzene rings is 1. The third-order valence-electron chi connectivity index (χ3n) is 6.51. The number of nitrogens with one attached hydrogen (secondary N) is 1. The number of hydrogen-bond acceptors (Lipinski definition) is 6. The first-order valence-electron chi connectivity index (χ1n) is 11.6. The number of rotatable bonds is 5. The number of anilines is 3. The molecule has 2 fully saturated rings. The van der Waals surface area contributed by atoms with Gasteiger partial charge in [0.2, 0.25) is 0 Å². The molecule has 1 atom stereocenters. The van der Waals surface area contributed by atoms with E-state index < -0.39 is 6.17 Å². The summed E-state index contributed by atoms with van der Waals surface area (Å²) < 4.78 is 13.9. The van der Waals surface area contributed by atoms with Gasteiger partial charge in [0.05, 0.1) is 23.9 Å². The molecule has 35 heavy (non-hydrogen) atoms. The molecule has 1 N–H and O–H groups in total. The summed E-state index contributed by atoms with van der Waals surface area (Å²) in [6.07, 6.45) is 5.49. The van der Waals surface area contributed by atoms with E-state index in [9.17, 15) is 9.65 Å². The first kappa shape index (κ1) is 23.0. The zero-order chi connectivity index (χ0) is 23.1. The van der Waals surface area contributed by atoms with Gasteiger partial charge in [-0.3, -0.25) is 0 Å². The topological polar surface area (TPSA) is 77.7 Å². The van der Waals surface area contributed by atoms with Crippen LogP contribution in [0.25, 0.3) is 22.0 Å². The van der Waals surface area contributed by atoms with Crippen LogP contribution in [0, 0.1) is 11.3 Å². The molecule has 1 aliphatic heterocycles. The van der Waals surface area contributed by atoms with Gasteiger partial charge >= 0.3 is 0 Å². The standard InChI is InChI=1S/C27H23FN6.ClH/c28-22-7-10-34(16-22)27-23-12-20(4-3-19(23)6-9-31-27)24-13-21(18-1-2-18)14-26(32-24)33-25-11-17(15-29)5-8-30-25;/h3-6,8-9,11-14,18,22H,1-2,7,10,16H2,(H,30,32,33);1H/t22-;/m1./s1. The summed E-state index contributed by atoms with van der Waals surface area (Å²) in [4.78, 5) is 15.8. The second-order valence-electron chi connectivity index (χ2n) is 9.01. The number of pyridine rings is 3. The normalized spacial score (nSPS) is 17.1. The molecule has 0 unspecified atom stereocenters. The van der Waals surface area contributed by atoms with E-state index in [-0.39, 0.29) is 12.4 Å². The Hall–Kier alpha value is -3.76. The van der Waals surface area contributed by atoms with E-state index in [4.69, 9.17) is 4.98 Å². The SMILES string of the molecule is Cl.N#Cc1ccnc(Nc2cc(C3CC3)cc(-c3ccc4ccnc(N5CC[C@@H](F)C5)c4c3)n2)c1. The smallest absolute Gasteiger partial charge is 0.136 e. The largest absolute Gasteiger partial charge is 0.353 e. The summed E-state index contributed by atoms with van der Waals surface area (Å²) in [5, 5.41) is 14.6. The summed E-state index contributed by atoms with van der Waals surface area (Å²) in [5.41, 5.74) is 3.64. The van der Waals surface area contributed by atoms with E-state index in [0.29, 0.717) is 42.6 Å². The third-order valence-corrected chi connectivity index (χ3v) is 6.51. The molecule has 0 spiro atoms. The molecule has 1 saturated carbocycles. The predicted octanol–water partition coefficient (Wildman–Crippen LogP) is 6.15. The van der Waals surface area contributed by atoms with Crippen LogP contribution < -0.4 is 10.2 Å². The Kier molecular flexibility index (Phi) is 6.23. The van der Waals surface area contributed by atoms with Crippen LogP contribution in [0.2, 0.25) is 0 Å². The first-order chi connectivity index (χ1) is 16.7. The number of nitriles is 1. The number of halogens is 2. The van der Waals surface area contributed by atoms with Gasteiger partial charge in [-0.2, -0.15) is 5.26 Å². The van der Waals surface area contributed by atoms with Crippen molar-refractivity contribution >= 4 is 40.6 Å². The lowest BCUT2D eigenvalue weighted by Gasteiger charge is -2.19. The summed E-state index contributed by atoms with van der Waals surface area (Å²) in [7, 11) is 0. The minimum absolute atomic E-state index is 0. The lowest BCUT2D eigenvalue weighted by molar-refractivity contribution is 0.364. The Bertz CT molecular complexity index is 1430. The Morgan fingerprint density at radius 2 is 1.83 bits per heavy atom. The molecule has 1 aromatic carbocycles. The van der Waals surface area contributed by atoms with E-state index in [2.05, 4.69) is 51.7 Å². The highest BCUT2D eigenvalue weighted by Gasteiger charge is 2.26. The molecule has 4 aromatic rings. The molecule has 0 radical (unpaired) electrons. The second kappa shape index (κ2) is 9.47. The lowest BCUT2D eigenvalue weighted by atomic mass is 10.0. The Morgan fingerprint density at radius 3 is 2.60 bits per heavy atom. The van der Waals surface area contributed by atoms with E-state index in [0.717, 1.165) is 27.8 Å². The van der Waals surface area contributed by atoms with Gasteiger partial charge in [-0.15, -0.1) is 12.4 Å². The molecule has 0 amide bonds. The summed E-state index contributed by atoms with van der Waals surface area (Å²) in [5.74, 6) is 2.66. The van der Waals surface area contributed by atoms with Gasteiger partial charge in [-0.05, 0) is 72.5 Å². The minimum atomic E-state index is -0.807. The Balaban J connectivity index is 0.00000253. The summed E-state index contributed by atoms with van der Waals surface area (Å²) in [6.45, 7) is 1.06. The number of aromatic nitrogens is 3. The van der Waals surface area contributed by atoms with Crippen molar-refractivity contribution < 1.29 is 4.39 Å². The first-order valence-corrected chi connectivity index (χ1v) is 11.6. The maximum absolute atomic E-state index is 13.9. The van der Waals surface area contributed by atoms with Crippen LogP contribution in [0.1, 0.15) is 36.3 Å². The van der Waals surface area contributed by atoms with Crippen molar-refractivity contribution in [3.63, 3.8) is 0 Å². The molecular weight excluding hydrogens is 463 g/mol. The van der Waals surface area contributed by atoms with Gasteiger partial charge in [-0.1, -0.05) is 12.1 Å². The number of hydrogen-bond donors (Lipinski definition) is 1. The molecule has 6 nitrogen and oxygen atoms in total. The molecule has 2 aliphatic rings. The molecule has 1 saturated heterocycles. The molecule has 4 heterocycles. The average molecular weight is 487 g/mol. The van der Waals surface area contributed by atoms with Crippen molar-refractivity contribution in [3.8, 4) is 17.3 Å². The van der Waals surface area contributed by atoms with Crippen molar-refractivity contribution in [1.29, 1.82) is 5.26 Å². The van der Waals surface area contributed by atoms with Crippen molar-refractivity contribution in [2.45, 2.75) is 31.4 Å². The fourth-order valence-electron chi connectivity index (χ4n) is 4.59. The zero-order valence-corrected chi connectivity index (χ0v) is 19.8. The van der Waals surface area contributed by atoms with Crippen molar-refractivity contribution in [2.24, 2.45) is 0 Å². The van der Waals surface area contributed by atoms with Crippen molar-refractivity contribution in [3.05, 3.63) is 72.1 Å². The van der Waals surface area contributed by atoms with Gasteiger partial charge in [0.1, 0.15) is 23.6 Å². The number of fused-ring (bicyclic) bond motifs is 1. The molecular formula is C27H24ClFN6. The van der Waals surface area contributed by atoms with Crippen LogP contribution in [0.15, 0.2) is 60.9 Å². The van der Waals surface area contributed by atoms with E-state index in [1.165, 1.54) is 18.4 Å². The van der Waals surface area contributed by atoms with Crippen molar-refractivity contribution in [2.75, 3.05) is 23.3 Å². The number of alkyl halides is 1. The second-order valence-corrected chi connectivity index (χ2v) is 9.01. The Labute approximate surface area is 209 Å². The van der Waals surface area contributed by atoms with Gasteiger partial charge in [0, 0.05) is 29.9 Å². The predicted molar refractivity (Wildman–Crippen MR) is 138 cm³/mol. The maximum atomic E-state index is 13.9. The van der Waals surface area contributed by atoms with Crippen LogP contribution in [0.4, 0.5) is 21.8 Å². The molecule has 6 rings (SSSR count). The third kappa shape index (κ3) is 4.75. The highest BCUT2D eigenvalue weighted by atomic mass is 35.5. The summed E-state index contributed by atoms with van der Waals surface area (Å²) in [6, 6.07) is 18.0. The van der Waals surface area contributed by atoms with E-state index in [1.54, 1.807) is 24.5 Å². The Morgan fingerprint density at radius 1 is 0.971 bits per heavy atom. The average Bonchev–Trinajstić information content (AvgIpc) is 3.64. The van der Waals surface area contributed by atoms with Gasteiger partial charge < -0.3 is 10.2 Å². The minimum Gasteiger partial charge on any atom is -0.353 e. The van der Waals surface area contributed by atoms with Crippen LogP contribution in [0.5, 0.6) is 0 Å². The van der Waals surface area contributed by atoms with Crippen LogP contribution >= 0.6 is 12.4 Å². The number of nitrogens with zero attached hydrogens (tertiary/aromatic N) is 5. The molecule has 1 aliphatic carbocycles. The fourth-order valence-corrected chi connectivity index (χ4v) is 4.59.